The summed E-state index contributed by atoms with van der Waals surface area (Å²) in [7, 11) is 0. The van der Waals surface area contributed by atoms with Crippen LogP contribution in [0.2, 0.25) is 0 Å². The summed E-state index contributed by atoms with van der Waals surface area (Å²) in [4.78, 5) is 0. The summed E-state index contributed by atoms with van der Waals surface area (Å²) >= 11 is 0. The van der Waals surface area contributed by atoms with Gasteiger partial charge >= 0.3 is 0 Å². The van der Waals surface area contributed by atoms with Gasteiger partial charge in [-0.15, -0.1) is 0 Å². The van der Waals surface area contributed by atoms with Gasteiger partial charge in [0.15, 0.2) is 0 Å². The van der Waals surface area contributed by atoms with E-state index >= 15 is 0 Å². The van der Waals surface area contributed by atoms with Crippen molar-refractivity contribution in [3.63, 3.8) is 0 Å². The summed E-state index contributed by atoms with van der Waals surface area (Å²) in [6.07, 6.45) is 1.32. The third-order valence-electron chi connectivity index (χ3n) is 1.62. The van der Waals surface area contributed by atoms with E-state index in [9.17, 15) is 0 Å². The zero-order valence-electron chi connectivity index (χ0n) is 7.38. The van der Waals surface area contributed by atoms with Gasteiger partial charge in [-0.3, -0.25) is 0 Å². The summed E-state index contributed by atoms with van der Waals surface area (Å²) in [6.45, 7) is 4.85. The fourth-order valence-electron chi connectivity index (χ4n) is 0.834. The molecular formula is C8H19NO2. The van der Waals surface area contributed by atoms with Crippen molar-refractivity contribution >= 4 is 0 Å². The van der Waals surface area contributed by atoms with Gasteiger partial charge < -0.3 is 15.5 Å². The second-order valence-electron chi connectivity index (χ2n) is 3.01. The van der Waals surface area contributed by atoms with Gasteiger partial charge in [0, 0.05) is 12.6 Å². The monoisotopic (exact) mass is 161 g/mol. The van der Waals surface area contributed by atoms with Crippen molar-refractivity contribution in [1.29, 1.82) is 0 Å². The maximum Gasteiger partial charge on any atom is 0.0524 e. The van der Waals surface area contributed by atoms with Crippen LogP contribution in [-0.2, 0) is 0 Å². The molecule has 0 rings (SSSR count). The van der Waals surface area contributed by atoms with Crippen molar-refractivity contribution in [2.24, 2.45) is 0 Å². The third kappa shape index (κ3) is 7.78. The summed E-state index contributed by atoms with van der Waals surface area (Å²) in [5.74, 6) is 0. The molecule has 0 heterocycles. The van der Waals surface area contributed by atoms with Crippen LogP contribution >= 0.6 is 0 Å². The molecule has 0 fully saturated rings. The molecule has 3 heteroatoms. The molecule has 11 heavy (non-hydrogen) atoms. The Morgan fingerprint density at radius 1 is 1.27 bits per heavy atom. The molecule has 2 unspecified atom stereocenters. The lowest BCUT2D eigenvalue weighted by atomic mass is 10.2. The van der Waals surface area contributed by atoms with Gasteiger partial charge in [-0.25, -0.2) is 0 Å². The highest BCUT2D eigenvalue weighted by Crippen LogP contribution is 1.91. The summed E-state index contributed by atoms with van der Waals surface area (Å²) in [5.41, 5.74) is 0. The minimum absolute atomic E-state index is 0.225. The van der Waals surface area contributed by atoms with E-state index in [-0.39, 0.29) is 12.7 Å². The predicted octanol–water partition coefficient (Wildman–Crippen LogP) is 0.118. The van der Waals surface area contributed by atoms with Crippen molar-refractivity contribution in [3.05, 3.63) is 0 Å². The Kier molecular flexibility index (Phi) is 6.51. The molecule has 0 spiro atoms. The lowest BCUT2D eigenvalue weighted by molar-refractivity contribution is 0.181. The van der Waals surface area contributed by atoms with Crippen molar-refractivity contribution in [2.45, 2.75) is 38.8 Å². The van der Waals surface area contributed by atoms with E-state index in [0.717, 1.165) is 19.4 Å². The van der Waals surface area contributed by atoms with Crippen LogP contribution in [0, 0.1) is 0 Å². The summed E-state index contributed by atoms with van der Waals surface area (Å²) < 4.78 is 0. The Hall–Kier alpha value is -0.120. The van der Waals surface area contributed by atoms with E-state index in [1.54, 1.807) is 6.92 Å². The minimum Gasteiger partial charge on any atom is -0.396 e. The van der Waals surface area contributed by atoms with Crippen LogP contribution < -0.4 is 5.32 Å². The van der Waals surface area contributed by atoms with Crippen LogP contribution in [-0.4, -0.2) is 35.5 Å². The quantitative estimate of drug-likeness (QED) is 0.518. The average molecular weight is 161 g/mol. The third-order valence-corrected chi connectivity index (χ3v) is 1.62. The molecule has 0 aliphatic rings. The van der Waals surface area contributed by atoms with Gasteiger partial charge in [-0.05, 0) is 33.2 Å². The van der Waals surface area contributed by atoms with Crippen LogP contribution in [0.4, 0.5) is 0 Å². The van der Waals surface area contributed by atoms with E-state index in [2.05, 4.69) is 5.32 Å². The van der Waals surface area contributed by atoms with Gasteiger partial charge in [0.2, 0.25) is 0 Å². The van der Waals surface area contributed by atoms with Crippen LogP contribution in [0.3, 0.4) is 0 Å². The first-order valence-corrected chi connectivity index (χ1v) is 4.19. The van der Waals surface area contributed by atoms with E-state index in [4.69, 9.17) is 10.2 Å². The molecule has 0 aromatic rings. The van der Waals surface area contributed by atoms with Crippen LogP contribution in [0.15, 0.2) is 0 Å². The molecule has 0 aromatic carbocycles. The molecule has 0 aromatic heterocycles. The van der Waals surface area contributed by atoms with Crippen molar-refractivity contribution in [1.82, 2.24) is 5.32 Å². The largest absolute Gasteiger partial charge is 0.396 e. The number of hydrogen-bond donors (Lipinski definition) is 3. The van der Waals surface area contributed by atoms with E-state index in [0.29, 0.717) is 6.04 Å². The number of aliphatic hydroxyl groups excluding tert-OH is 2. The number of nitrogens with one attached hydrogen (secondary N) is 1. The second kappa shape index (κ2) is 6.58. The Labute approximate surface area is 68.4 Å². The molecule has 0 radical (unpaired) electrons. The molecule has 0 saturated heterocycles. The highest BCUT2D eigenvalue weighted by Gasteiger charge is 2.00. The van der Waals surface area contributed by atoms with Gasteiger partial charge in [0.1, 0.15) is 0 Å². The average Bonchev–Trinajstić information content (AvgIpc) is 1.87. The Bertz CT molecular complexity index is 86.2. The van der Waals surface area contributed by atoms with Gasteiger partial charge in [-0.1, -0.05) is 0 Å². The van der Waals surface area contributed by atoms with E-state index in [1.165, 1.54) is 0 Å². The smallest absolute Gasteiger partial charge is 0.0524 e. The Morgan fingerprint density at radius 3 is 2.36 bits per heavy atom. The highest BCUT2D eigenvalue weighted by molar-refractivity contribution is 4.60. The van der Waals surface area contributed by atoms with Crippen LogP contribution in [0.1, 0.15) is 26.7 Å². The molecule has 0 aliphatic carbocycles. The lowest BCUT2D eigenvalue weighted by Gasteiger charge is -2.12. The topological polar surface area (TPSA) is 52.5 Å². The molecule has 2 atom stereocenters. The van der Waals surface area contributed by atoms with E-state index in [1.807, 2.05) is 6.92 Å². The lowest BCUT2D eigenvalue weighted by Crippen LogP contribution is -2.29. The first kappa shape index (κ1) is 10.9. The van der Waals surface area contributed by atoms with Crippen LogP contribution in [0.25, 0.3) is 0 Å². The fraction of sp³-hybridized carbons (Fsp3) is 1.00. The highest BCUT2D eigenvalue weighted by atomic mass is 16.3. The number of rotatable bonds is 6. The molecule has 0 amide bonds. The molecular weight excluding hydrogens is 142 g/mol. The van der Waals surface area contributed by atoms with Gasteiger partial charge in [0.25, 0.3) is 0 Å². The van der Waals surface area contributed by atoms with Gasteiger partial charge in [0.05, 0.1) is 6.10 Å². The first-order valence-electron chi connectivity index (χ1n) is 4.19. The Balaban J connectivity index is 3.10. The number of hydrogen-bond acceptors (Lipinski definition) is 3. The minimum atomic E-state index is -0.233. The molecule has 0 aliphatic heterocycles. The summed E-state index contributed by atoms with van der Waals surface area (Å²) in [5, 5.41) is 20.7. The van der Waals surface area contributed by atoms with Gasteiger partial charge in [-0.2, -0.15) is 0 Å². The number of aliphatic hydroxyl groups is 2. The SMILES string of the molecule is CC(O)CCNC(C)CCO. The van der Waals surface area contributed by atoms with Crippen molar-refractivity contribution in [3.8, 4) is 0 Å². The summed E-state index contributed by atoms with van der Waals surface area (Å²) in [6, 6.07) is 0.346. The molecule has 0 saturated carbocycles. The Morgan fingerprint density at radius 2 is 1.91 bits per heavy atom. The zero-order chi connectivity index (χ0) is 8.69. The van der Waals surface area contributed by atoms with Crippen molar-refractivity contribution < 1.29 is 10.2 Å². The molecule has 68 valence electrons. The molecule has 3 nitrogen and oxygen atoms in total. The zero-order valence-corrected chi connectivity index (χ0v) is 7.38. The maximum atomic E-state index is 8.91. The van der Waals surface area contributed by atoms with E-state index < -0.39 is 0 Å². The molecule has 0 bridgehead atoms. The predicted molar refractivity (Wildman–Crippen MR) is 45.5 cm³/mol. The normalized spacial score (nSPS) is 16.4. The second-order valence-corrected chi connectivity index (χ2v) is 3.01. The first-order chi connectivity index (χ1) is 5.16. The molecule has 3 N–H and O–H groups in total. The fourth-order valence-corrected chi connectivity index (χ4v) is 0.834. The standard InChI is InChI=1S/C8H19NO2/c1-7(4-6-10)9-5-3-8(2)11/h7-11H,3-6H2,1-2H3. The van der Waals surface area contributed by atoms with Crippen molar-refractivity contribution in [2.75, 3.05) is 13.2 Å². The van der Waals surface area contributed by atoms with Crippen LogP contribution in [0.5, 0.6) is 0 Å². The maximum absolute atomic E-state index is 8.91.